The van der Waals surface area contributed by atoms with E-state index in [2.05, 4.69) is 5.16 Å². The third-order valence-corrected chi connectivity index (χ3v) is 3.11. The van der Waals surface area contributed by atoms with Gasteiger partial charge in [-0.2, -0.15) is 0 Å². The van der Waals surface area contributed by atoms with Crippen LogP contribution in [0.25, 0.3) is 0 Å². The summed E-state index contributed by atoms with van der Waals surface area (Å²) in [6, 6.07) is 11.9. The van der Waals surface area contributed by atoms with Crippen LogP contribution in [-0.4, -0.2) is 18.1 Å². The van der Waals surface area contributed by atoms with Gasteiger partial charge < -0.3 is 15.8 Å². The minimum Gasteiger partial charge on any atom is -0.409 e. The molecule has 0 aromatic heterocycles. The SMILES string of the molecule is Cc1ccc(N(C)c2ccccc2F)c(/C(N)=N/O)c1. The maximum atomic E-state index is 13.9. The van der Waals surface area contributed by atoms with Gasteiger partial charge in [0.15, 0.2) is 5.84 Å². The Morgan fingerprint density at radius 2 is 1.90 bits per heavy atom. The number of rotatable bonds is 3. The molecule has 2 aromatic rings. The lowest BCUT2D eigenvalue weighted by Gasteiger charge is -2.23. The zero-order valence-electron chi connectivity index (χ0n) is 11.3. The van der Waals surface area contributed by atoms with E-state index in [1.54, 1.807) is 36.2 Å². The number of para-hydroxylation sites is 1. The Balaban J connectivity index is 2.55. The summed E-state index contributed by atoms with van der Waals surface area (Å²) in [5.74, 6) is -0.340. The Kier molecular flexibility index (Phi) is 3.89. The number of hydrogen-bond acceptors (Lipinski definition) is 3. The minimum absolute atomic E-state index is 0.00751. The van der Waals surface area contributed by atoms with Crippen molar-refractivity contribution >= 4 is 17.2 Å². The van der Waals surface area contributed by atoms with Gasteiger partial charge in [-0.05, 0) is 31.2 Å². The van der Waals surface area contributed by atoms with Crippen molar-refractivity contribution in [2.24, 2.45) is 10.9 Å². The Morgan fingerprint density at radius 3 is 2.55 bits per heavy atom. The van der Waals surface area contributed by atoms with E-state index >= 15 is 0 Å². The smallest absolute Gasteiger partial charge is 0.172 e. The number of benzene rings is 2. The maximum absolute atomic E-state index is 13.9. The molecule has 0 aliphatic heterocycles. The van der Waals surface area contributed by atoms with Crippen molar-refractivity contribution in [1.29, 1.82) is 0 Å². The topological polar surface area (TPSA) is 61.8 Å². The summed E-state index contributed by atoms with van der Waals surface area (Å²) in [6.45, 7) is 1.90. The van der Waals surface area contributed by atoms with Crippen molar-refractivity contribution in [2.45, 2.75) is 6.92 Å². The molecule has 2 aromatic carbocycles. The largest absolute Gasteiger partial charge is 0.409 e. The number of nitrogens with zero attached hydrogens (tertiary/aromatic N) is 2. The third-order valence-electron chi connectivity index (χ3n) is 3.11. The van der Waals surface area contributed by atoms with Gasteiger partial charge in [-0.25, -0.2) is 4.39 Å². The molecule has 0 saturated carbocycles. The van der Waals surface area contributed by atoms with Crippen LogP contribution in [0.4, 0.5) is 15.8 Å². The molecule has 0 radical (unpaired) electrons. The van der Waals surface area contributed by atoms with Crippen molar-refractivity contribution in [3.8, 4) is 0 Å². The van der Waals surface area contributed by atoms with Crippen LogP contribution in [0.3, 0.4) is 0 Å². The van der Waals surface area contributed by atoms with Crippen LogP contribution in [0.5, 0.6) is 0 Å². The molecule has 3 N–H and O–H groups in total. The van der Waals surface area contributed by atoms with E-state index in [1.165, 1.54) is 6.07 Å². The number of amidine groups is 1. The fraction of sp³-hybridized carbons (Fsp3) is 0.133. The first kappa shape index (κ1) is 13.9. The molecule has 0 spiro atoms. The summed E-state index contributed by atoms with van der Waals surface area (Å²) in [5, 5.41) is 11.9. The fourth-order valence-corrected chi connectivity index (χ4v) is 2.05. The lowest BCUT2D eigenvalue weighted by molar-refractivity contribution is 0.318. The zero-order valence-corrected chi connectivity index (χ0v) is 11.3. The fourth-order valence-electron chi connectivity index (χ4n) is 2.05. The Labute approximate surface area is 116 Å². The highest BCUT2D eigenvalue weighted by Gasteiger charge is 2.15. The Hall–Kier alpha value is -2.56. The van der Waals surface area contributed by atoms with Crippen LogP contribution < -0.4 is 10.6 Å². The van der Waals surface area contributed by atoms with Gasteiger partial charge in [0.1, 0.15) is 5.82 Å². The monoisotopic (exact) mass is 273 g/mol. The number of anilines is 2. The van der Waals surface area contributed by atoms with Crippen molar-refractivity contribution < 1.29 is 9.60 Å². The van der Waals surface area contributed by atoms with Gasteiger partial charge in [-0.3, -0.25) is 0 Å². The Bertz CT molecular complexity index is 655. The highest BCUT2D eigenvalue weighted by molar-refractivity contribution is 6.03. The molecule has 0 fully saturated rings. The van der Waals surface area contributed by atoms with Gasteiger partial charge in [-0.15, -0.1) is 0 Å². The van der Waals surface area contributed by atoms with E-state index < -0.39 is 0 Å². The van der Waals surface area contributed by atoms with E-state index in [1.807, 2.05) is 19.1 Å². The molecule has 0 amide bonds. The molecular weight excluding hydrogens is 257 g/mol. The quantitative estimate of drug-likeness (QED) is 0.391. The lowest BCUT2D eigenvalue weighted by Crippen LogP contribution is -2.20. The van der Waals surface area contributed by atoms with Crippen LogP contribution in [-0.2, 0) is 0 Å². The summed E-state index contributed by atoms with van der Waals surface area (Å²) in [5.41, 5.74) is 8.30. The first-order valence-corrected chi connectivity index (χ1v) is 6.11. The number of hydrogen-bond donors (Lipinski definition) is 2. The van der Waals surface area contributed by atoms with Gasteiger partial charge in [0.25, 0.3) is 0 Å². The van der Waals surface area contributed by atoms with Gasteiger partial charge in [0.2, 0.25) is 0 Å². The average molecular weight is 273 g/mol. The molecule has 0 saturated heterocycles. The number of oxime groups is 1. The molecule has 0 bridgehead atoms. The van der Waals surface area contributed by atoms with Gasteiger partial charge in [0.05, 0.1) is 11.4 Å². The van der Waals surface area contributed by atoms with Gasteiger partial charge in [-0.1, -0.05) is 28.9 Å². The van der Waals surface area contributed by atoms with Crippen LogP contribution in [0.1, 0.15) is 11.1 Å². The van der Waals surface area contributed by atoms with E-state index in [0.29, 0.717) is 16.9 Å². The molecule has 104 valence electrons. The van der Waals surface area contributed by atoms with Gasteiger partial charge >= 0.3 is 0 Å². The van der Waals surface area contributed by atoms with Crippen molar-refractivity contribution in [2.75, 3.05) is 11.9 Å². The lowest BCUT2D eigenvalue weighted by atomic mass is 10.1. The minimum atomic E-state index is -0.332. The van der Waals surface area contributed by atoms with Crippen LogP contribution in [0.2, 0.25) is 0 Å². The highest BCUT2D eigenvalue weighted by atomic mass is 19.1. The molecule has 5 heteroatoms. The molecule has 20 heavy (non-hydrogen) atoms. The van der Waals surface area contributed by atoms with Crippen molar-refractivity contribution in [3.63, 3.8) is 0 Å². The second-order valence-corrected chi connectivity index (χ2v) is 4.52. The number of halogens is 1. The average Bonchev–Trinajstić information content (AvgIpc) is 2.46. The summed E-state index contributed by atoms with van der Waals surface area (Å²) in [7, 11) is 1.73. The first-order chi connectivity index (χ1) is 9.54. The van der Waals surface area contributed by atoms with E-state index in [4.69, 9.17) is 10.9 Å². The molecular formula is C15H16FN3O. The summed E-state index contributed by atoms with van der Waals surface area (Å²) in [6.07, 6.45) is 0. The van der Waals surface area contributed by atoms with E-state index in [-0.39, 0.29) is 11.7 Å². The van der Waals surface area contributed by atoms with E-state index in [0.717, 1.165) is 5.56 Å². The third kappa shape index (κ3) is 2.56. The summed E-state index contributed by atoms with van der Waals surface area (Å²) in [4.78, 5) is 1.67. The van der Waals surface area contributed by atoms with Crippen LogP contribution >= 0.6 is 0 Å². The predicted molar refractivity (Wildman–Crippen MR) is 78.2 cm³/mol. The highest BCUT2D eigenvalue weighted by Crippen LogP contribution is 2.29. The molecule has 0 aliphatic rings. The molecule has 4 nitrogen and oxygen atoms in total. The van der Waals surface area contributed by atoms with E-state index in [9.17, 15) is 4.39 Å². The summed E-state index contributed by atoms with van der Waals surface area (Å²) >= 11 is 0. The molecule has 0 unspecified atom stereocenters. The van der Waals surface area contributed by atoms with Crippen LogP contribution in [0, 0.1) is 12.7 Å². The summed E-state index contributed by atoms with van der Waals surface area (Å²) < 4.78 is 13.9. The molecule has 0 aliphatic carbocycles. The van der Waals surface area contributed by atoms with Gasteiger partial charge in [0, 0.05) is 12.6 Å². The second-order valence-electron chi connectivity index (χ2n) is 4.52. The zero-order chi connectivity index (χ0) is 14.7. The number of aryl methyl sites for hydroxylation is 1. The number of nitrogens with two attached hydrogens (primary N) is 1. The van der Waals surface area contributed by atoms with Crippen molar-refractivity contribution in [1.82, 2.24) is 0 Å². The second kappa shape index (κ2) is 5.61. The maximum Gasteiger partial charge on any atom is 0.172 e. The Morgan fingerprint density at radius 1 is 1.20 bits per heavy atom. The normalized spacial score (nSPS) is 11.4. The molecule has 2 rings (SSSR count). The van der Waals surface area contributed by atoms with Crippen LogP contribution in [0.15, 0.2) is 47.6 Å². The molecule has 0 heterocycles. The standard InChI is InChI=1S/C15H16FN3O/c1-10-7-8-13(11(9-10)15(17)18-20)19(2)14-6-4-3-5-12(14)16/h3-9,20H,1-2H3,(H2,17,18). The predicted octanol–water partition coefficient (Wildman–Crippen LogP) is 3.00. The van der Waals surface area contributed by atoms with Crippen molar-refractivity contribution in [3.05, 3.63) is 59.4 Å². The molecule has 0 atom stereocenters. The first-order valence-electron chi connectivity index (χ1n) is 6.11.